The zero-order valence-electron chi connectivity index (χ0n) is 17.6. The second-order valence-corrected chi connectivity index (χ2v) is 10.5. The Kier molecular flexibility index (Phi) is 3.31. The van der Waals surface area contributed by atoms with Crippen LogP contribution >= 0.6 is 0 Å². The Morgan fingerprint density at radius 3 is 2.20 bits per heavy atom. The van der Waals surface area contributed by atoms with E-state index in [0.29, 0.717) is 0 Å². The Morgan fingerprint density at radius 2 is 1.47 bits per heavy atom. The molecule has 3 nitrogen and oxygen atoms in total. The van der Waals surface area contributed by atoms with Gasteiger partial charge < -0.3 is 9.47 Å². The molecule has 3 aromatic rings. The molecule has 1 aromatic heterocycles. The first-order chi connectivity index (χ1) is 14.6. The number of carbonyl (C=O) groups excluding carboxylic acids is 1. The molecule has 2 heterocycles. The number of carbonyl (C=O) groups is 1. The van der Waals surface area contributed by atoms with Crippen molar-refractivity contribution in [3.63, 3.8) is 0 Å². The zero-order valence-corrected chi connectivity index (χ0v) is 17.6. The van der Waals surface area contributed by atoms with Gasteiger partial charge in [-0.1, -0.05) is 36.4 Å². The second-order valence-electron chi connectivity index (χ2n) is 10.5. The van der Waals surface area contributed by atoms with Crippen molar-refractivity contribution in [1.82, 2.24) is 9.47 Å². The molecule has 152 valence electrons. The van der Waals surface area contributed by atoms with Crippen molar-refractivity contribution >= 4 is 16.8 Å². The van der Waals surface area contributed by atoms with Gasteiger partial charge >= 0.3 is 0 Å². The Balaban J connectivity index is 1.45. The molecule has 1 atom stereocenters. The van der Waals surface area contributed by atoms with Crippen molar-refractivity contribution in [2.45, 2.75) is 50.1 Å². The topological polar surface area (TPSA) is 25.2 Å². The molecule has 5 aliphatic rings. The molecule has 1 amide bonds. The number of aryl methyl sites for hydroxylation is 1. The molecule has 0 saturated heterocycles. The van der Waals surface area contributed by atoms with Crippen molar-refractivity contribution in [2.24, 2.45) is 24.8 Å². The third-order valence-corrected chi connectivity index (χ3v) is 8.70. The molecule has 0 spiro atoms. The van der Waals surface area contributed by atoms with Crippen molar-refractivity contribution in [2.75, 3.05) is 0 Å². The lowest BCUT2D eigenvalue weighted by molar-refractivity contribution is -0.0806. The third-order valence-electron chi connectivity index (χ3n) is 8.70. The van der Waals surface area contributed by atoms with E-state index in [9.17, 15) is 4.79 Å². The summed E-state index contributed by atoms with van der Waals surface area (Å²) in [7, 11) is 2.13. The molecule has 0 unspecified atom stereocenters. The largest absolute Gasteiger partial charge is 0.350 e. The average Bonchev–Trinajstić information content (AvgIpc) is 3.22. The number of aromatic nitrogens is 1. The van der Waals surface area contributed by atoms with E-state index in [-0.39, 0.29) is 17.5 Å². The van der Waals surface area contributed by atoms with Crippen molar-refractivity contribution in [3.05, 3.63) is 71.4 Å². The van der Waals surface area contributed by atoms with Gasteiger partial charge in [-0.2, -0.15) is 0 Å². The van der Waals surface area contributed by atoms with Crippen LogP contribution in [0.3, 0.4) is 0 Å². The summed E-state index contributed by atoms with van der Waals surface area (Å²) in [5, 5.41) is 1.28. The fourth-order valence-corrected chi connectivity index (χ4v) is 8.06. The molecule has 4 bridgehead atoms. The number of nitrogens with zero attached hydrogens (tertiary/aromatic N) is 2. The highest BCUT2D eigenvalue weighted by molar-refractivity contribution is 6.01. The van der Waals surface area contributed by atoms with E-state index in [1.54, 1.807) is 0 Å². The van der Waals surface area contributed by atoms with E-state index in [1.807, 2.05) is 6.07 Å². The quantitative estimate of drug-likeness (QED) is 0.546. The molecule has 1 aliphatic heterocycles. The second kappa shape index (κ2) is 5.78. The third kappa shape index (κ3) is 2.13. The van der Waals surface area contributed by atoms with E-state index in [4.69, 9.17) is 0 Å². The monoisotopic (exact) mass is 396 g/mol. The molecule has 4 fully saturated rings. The number of fused-ring (bicyclic) bond motifs is 2. The highest BCUT2D eigenvalue weighted by atomic mass is 16.2. The molecular weight excluding hydrogens is 368 g/mol. The number of hydrogen-bond acceptors (Lipinski definition) is 1. The zero-order chi connectivity index (χ0) is 20.0. The Labute approximate surface area is 177 Å². The minimum Gasteiger partial charge on any atom is -0.350 e. The molecule has 30 heavy (non-hydrogen) atoms. The standard InChI is InChI=1S/C27H28N2O/c1-28-16-23(20-6-4-5-9-24(20)28)25-21-7-2-3-8-22(21)26(30)29(25)27-13-17-10-18(14-27)12-19(11-17)15-27/h2-9,16-19,25H,10-15H2,1H3/t17?,18?,19?,25-,27?/m1/s1. The van der Waals surface area contributed by atoms with Gasteiger partial charge in [0.15, 0.2) is 0 Å². The van der Waals surface area contributed by atoms with Gasteiger partial charge in [0.1, 0.15) is 0 Å². The lowest BCUT2D eigenvalue weighted by Crippen LogP contribution is -2.61. The van der Waals surface area contributed by atoms with Crippen LogP contribution in [-0.4, -0.2) is 20.9 Å². The Morgan fingerprint density at radius 1 is 0.833 bits per heavy atom. The van der Waals surface area contributed by atoms with Gasteiger partial charge in [0.2, 0.25) is 0 Å². The van der Waals surface area contributed by atoms with Crippen LogP contribution in [0.2, 0.25) is 0 Å². The maximum atomic E-state index is 14.0. The molecule has 4 aliphatic carbocycles. The molecule has 0 radical (unpaired) electrons. The van der Waals surface area contributed by atoms with Gasteiger partial charge in [-0.3, -0.25) is 4.79 Å². The summed E-state index contributed by atoms with van der Waals surface area (Å²) in [6, 6.07) is 17.1. The molecule has 8 rings (SSSR count). The van der Waals surface area contributed by atoms with Crippen LogP contribution in [-0.2, 0) is 7.05 Å². The summed E-state index contributed by atoms with van der Waals surface area (Å²) in [6.07, 6.45) is 10.1. The van der Waals surface area contributed by atoms with Crippen LogP contribution in [0.4, 0.5) is 0 Å². The fourth-order valence-electron chi connectivity index (χ4n) is 8.06. The van der Waals surface area contributed by atoms with Crippen molar-refractivity contribution in [3.8, 4) is 0 Å². The van der Waals surface area contributed by atoms with Crippen LogP contribution in [0.1, 0.15) is 66.1 Å². The van der Waals surface area contributed by atoms with Crippen LogP contribution in [0.5, 0.6) is 0 Å². The number of rotatable bonds is 2. The SMILES string of the molecule is Cn1cc([C@H]2c3ccccc3C(=O)N2C23CC4CC(CC(C4)C2)C3)c2ccccc21. The maximum absolute atomic E-state index is 14.0. The van der Waals surface area contributed by atoms with Crippen LogP contribution in [0.25, 0.3) is 10.9 Å². The van der Waals surface area contributed by atoms with Crippen LogP contribution < -0.4 is 0 Å². The molecular formula is C27H28N2O. The van der Waals surface area contributed by atoms with E-state index in [1.165, 1.54) is 60.6 Å². The van der Waals surface area contributed by atoms with Crippen LogP contribution in [0, 0.1) is 17.8 Å². The predicted molar refractivity (Wildman–Crippen MR) is 118 cm³/mol. The maximum Gasteiger partial charge on any atom is 0.255 e. The molecule has 4 saturated carbocycles. The lowest BCUT2D eigenvalue weighted by atomic mass is 9.52. The molecule has 0 N–H and O–H groups in total. The van der Waals surface area contributed by atoms with E-state index in [2.05, 4.69) is 65.2 Å². The molecule has 3 heteroatoms. The minimum absolute atomic E-state index is 0.0380. The van der Waals surface area contributed by atoms with Crippen LogP contribution in [0.15, 0.2) is 54.7 Å². The smallest absolute Gasteiger partial charge is 0.255 e. The first-order valence-electron chi connectivity index (χ1n) is 11.6. The highest BCUT2D eigenvalue weighted by Gasteiger charge is 2.58. The summed E-state index contributed by atoms with van der Waals surface area (Å²) in [5.41, 5.74) is 4.71. The summed E-state index contributed by atoms with van der Waals surface area (Å²) >= 11 is 0. The van der Waals surface area contributed by atoms with Gasteiger partial charge in [-0.15, -0.1) is 0 Å². The summed E-state index contributed by atoms with van der Waals surface area (Å²) < 4.78 is 2.23. The number of benzene rings is 2. The Bertz CT molecular complexity index is 1150. The van der Waals surface area contributed by atoms with Gasteiger partial charge in [0.05, 0.1) is 6.04 Å². The van der Waals surface area contributed by atoms with E-state index in [0.717, 1.165) is 23.3 Å². The fraction of sp³-hybridized carbons (Fsp3) is 0.444. The van der Waals surface area contributed by atoms with E-state index < -0.39 is 0 Å². The highest BCUT2D eigenvalue weighted by Crippen LogP contribution is 2.61. The van der Waals surface area contributed by atoms with Gasteiger partial charge in [-0.25, -0.2) is 0 Å². The Hall–Kier alpha value is -2.55. The summed E-state index contributed by atoms with van der Waals surface area (Å²) in [5.74, 6) is 2.73. The normalized spacial score (nSPS) is 34.2. The summed E-state index contributed by atoms with van der Waals surface area (Å²) in [4.78, 5) is 16.3. The lowest BCUT2D eigenvalue weighted by Gasteiger charge is -2.60. The van der Waals surface area contributed by atoms with Gasteiger partial charge in [-0.05, 0) is 74.0 Å². The van der Waals surface area contributed by atoms with Gasteiger partial charge in [0.25, 0.3) is 5.91 Å². The first kappa shape index (κ1) is 17.2. The number of hydrogen-bond donors (Lipinski definition) is 0. The van der Waals surface area contributed by atoms with Crippen molar-refractivity contribution in [1.29, 1.82) is 0 Å². The predicted octanol–water partition coefficient (Wildman–Crippen LogP) is 5.69. The molecule has 2 aromatic carbocycles. The van der Waals surface area contributed by atoms with E-state index >= 15 is 0 Å². The number of para-hydroxylation sites is 1. The van der Waals surface area contributed by atoms with Gasteiger partial charge in [0, 0.05) is 40.8 Å². The average molecular weight is 397 g/mol. The minimum atomic E-state index is 0.0380. The summed E-state index contributed by atoms with van der Waals surface area (Å²) in [6.45, 7) is 0. The number of amides is 1. The first-order valence-corrected chi connectivity index (χ1v) is 11.6. The van der Waals surface area contributed by atoms with Crippen molar-refractivity contribution < 1.29 is 4.79 Å².